The summed E-state index contributed by atoms with van der Waals surface area (Å²) in [5, 5.41) is 12.2. The van der Waals surface area contributed by atoms with Crippen molar-refractivity contribution in [2.75, 3.05) is 20.1 Å². The van der Waals surface area contributed by atoms with Crippen molar-refractivity contribution in [3.05, 3.63) is 0 Å². The van der Waals surface area contributed by atoms with Gasteiger partial charge in [0.25, 0.3) is 0 Å². The zero-order valence-corrected chi connectivity index (χ0v) is 10.4. The summed E-state index contributed by atoms with van der Waals surface area (Å²) in [6.07, 6.45) is 2.19. The molecule has 1 saturated heterocycles. The molecule has 86 valence electrons. The molecule has 3 nitrogen and oxygen atoms in total. The van der Waals surface area contributed by atoms with E-state index in [0.29, 0.717) is 6.04 Å². The molecule has 0 saturated carbocycles. The summed E-state index contributed by atoms with van der Waals surface area (Å²) >= 11 is 0. The monoisotopic (exact) mass is 209 g/mol. The summed E-state index contributed by atoms with van der Waals surface area (Å²) in [6, 6.07) is 2.85. The lowest BCUT2D eigenvalue weighted by Crippen LogP contribution is -2.45. The van der Waals surface area contributed by atoms with Gasteiger partial charge in [-0.25, -0.2) is 0 Å². The van der Waals surface area contributed by atoms with Crippen molar-refractivity contribution in [3.63, 3.8) is 0 Å². The first-order chi connectivity index (χ1) is 7.00. The Hall–Kier alpha value is -0.590. The van der Waals surface area contributed by atoms with Crippen molar-refractivity contribution in [1.82, 2.24) is 10.2 Å². The Labute approximate surface area is 93.5 Å². The van der Waals surface area contributed by atoms with Gasteiger partial charge in [-0.2, -0.15) is 5.26 Å². The third-order valence-corrected chi connectivity index (χ3v) is 3.58. The molecule has 0 aliphatic carbocycles. The quantitative estimate of drug-likeness (QED) is 0.764. The molecule has 1 N–H and O–H groups in total. The molecule has 1 heterocycles. The van der Waals surface area contributed by atoms with E-state index in [4.69, 9.17) is 5.26 Å². The van der Waals surface area contributed by atoms with Gasteiger partial charge in [0.2, 0.25) is 0 Å². The second-order valence-electron chi connectivity index (χ2n) is 5.14. The fraction of sp³-hybridized carbons (Fsp3) is 0.917. The average Bonchev–Trinajstić information content (AvgIpc) is 2.65. The van der Waals surface area contributed by atoms with Crippen molar-refractivity contribution in [2.45, 2.75) is 45.2 Å². The molecule has 0 aromatic carbocycles. The lowest BCUT2D eigenvalue weighted by atomic mass is 9.95. The van der Waals surface area contributed by atoms with Gasteiger partial charge in [-0.3, -0.25) is 0 Å². The highest BCUT2D eigenvalue weighted by atomic mass is 15.2. The SMILES string of the molecule is CNC(C)(C#N)CC(C)N1CCC(C)C1. The molecule has 1 fully saturated rings. The maximum atomic E-state index is 9.10. The average molecular weight is 209 g/mol. The van der Waals surface area contributed by atoms with E-state index in [1.807, 2.05) is 14.0 Å². The van der Waals surface area contributed by atoms with E-state index in [0.717, 1.165) is 12.3 Å². The predicted octanol–water partition coefficient (Wildman–Crippen LogP) is 1.61. The minimum Gasteiger partial charge on any atom is -0.303 e. The van der Waals surface area contributed by atoms with E-state index in [2.05, 4.69) is 30.1 Å². The highest BCUT2D eigenvalue weighted by molar-refractivity contribution is 5.04. The van der Waals surface area contributed by atoms with Crippen LogP contribution in [0.2, 0.25) is 0 Å². The number of hydrogen-bond donors (Lipinski definition) is 1. The normalized spacial score (nSPS) is 28.3. The van der Waals surface area contributed by atoms with Gasteiger partial charge in [0.05, 0.1) is 6.07 Å². The molecule has 0 radical (unpaired) electrons. The van der Waals surface area contributed by atoms with Gasteiger partial charge in [-0.05, 0) is 46.2 Å². The second-order valence-corrected chi connectivity index (χ2v) is 5.14. The van der Waals surface area contributed by atoms with Crippen molar-refractivity contribution in [1.29, 1.82) is 5.26 Å². The van der Waals surface area contributed by atoms with Crippen LogP contribution < -0.4 is 5.32 Å². The minimum absolute atomic E-state index is 0.384. The first kappa shape index (κ1) is 12.5. The first-order valence-electron chi connectivity index (χ1n) is 5.85. The fourth-order valence-electron chi connectivity index (χ4n) is 2.29. The van der Waals surface area contributed by atoms with Crippen LogP contribution in [0, 0.1) is 17.2 Å². The van der Waals surface area contributed by atoms with E-state index in [1.165, 1.54) is 19.5 Å². The van der Waals surface area contributed by atoms with Gasteiger partial charge in [-0.15, -0.1) is 0 Å². The van der Waals surface area contributed by atoms with Crippen LogP contribution in [0.15, 0.2) is 0 Å². The van der Waals surface area contributed by atoms with Crippen LogP contribution in [-0.2, 0) is 0 Å². The van der Waals surface area contributed by atoms with E-state index in [-0.39, 0.29) is 5.54 Å². The smallest absolute Gasteiger partial charge is 0.105 e. The Balaban J connectivity index is 2.48. The summed E-state index contributed by atoms with van der Waals surface area (Å²) in [7, 11) is 1.86. The minimum atomic E-state index is -0.384. The van der Waals surface area contributed by atoms with Crippen LogP contribution in [0.1, 0.15) is 33.6 Å². The molecule has 0 bridgehead atoms. The van der Waals surface area contributed by atoms with Crippen LogP contribution >= 0.6 is 0 Å². The Bertz CT molecular complexity index is 246. The molecule has 3 unspecified atom stereocenters. The van der Waals surface area contributed by atoms with Gasteiger partial charge in [0.15, 0.2) is 0 Å². The van der Waals surface area contributed by atoms with Crippen LogP contribution in [0.4, 0.5) is 0 Å². The predicted molar refractivity (Wildman–Crippen MR) is 62.5 cm³/mol. The number of nitrogens with zero attached hydrogens (tertiary/aromatic N) is 2. The molecule has 3 atom stereocenters. The van der Waals surface area contributed by atoms with Gasteiger partial charge in [-0.1, -0.05) is 6.92 Å². The summed E-state index contributed by atoms with van der Waals surface area (Å²) in [5.74, 6) is 0.815. The molecule has 0 amide bonds. The lowest BCUT2D eigenvalue weighted by molar-refractivity contribution is 0.211. The van der Waals surface area contributed by atoms with Crippen molar-refractivity contribution in [2.24, 2.45) is 5.92 Å². The fourth-order valence-corrected chi connectivity index (χ4v) is 2.29. The zero-order valence-electron chi connectivity index (χ0n) is 10.4. The molecule has 0 aromatic rings. The van der Waals surface area contributed by atoms with E-state index >= 15 is 0 Å². The van der Waals surface area contributed by atoms with E-state index in [9.17, 15) is 0 Å². The number of nitrogens with one attached hydrogen (secondary N) is 1. The number of hydrogen-bond acceptors (Lipinski definition) is 3. The highest BCUT2D eigenvalue weighted by Crippen LogP contribution is 2.22. The third kappa shape index (κ3) is 3.19. The topological polar surface area (TPSA) is 39.1 Å². The lowest BCUT2D eigenvalue weighted by Gasteiger charge is -2.30. The number of nitriles is 1. The molecule has 0 spiro atoms. The number of rotatable bonds is 4. The molecule has 1 aliphatic heterocycles. The van der Waals surface area contributed by atoms with Crippen molar-refractivity contribution >= 4 is 0 Å². The van der Waals surface area contributed by atoms with E-state index in [1.54, 1.807) is 0 Å². The van der Waals surface area contributed by atoms with Gasteiger partial charge >= 0.3 is 0 Å². The van der Waals surface area contributed by atoms with Gasteiger partial charge < -0.3 is 10.2 Å². The number of likely N-dealkylation sites (tertiary alicyclic amines) is 1. The van der Waals surface area contributed by atoms with Crippen LogP contribution in [0.25, 0.3) is 0 Å². The van der Waals surface area contributed by atoms with Crippen LogP contribution in [0.3, 0.4) is 0 Å². The maximum absolute atomic E-state index is 9.10. The first-order valence-corrected chi connectivity index (χ1v) is 5.85. The summed E-state index contributed by atoms with van der Waals surface area (Å²) < 4.78 is 0. The van der Waals surface area contributed by atoms with Crippen molar-refractivity contribution in [3.8, 4) is 6.07 Å². The van der Waals surface area contributed by atoms with Crippen LogP contribution in [0.5, 0.6) is 0 Å². The molecule has 1 aliphatic rings. The zero-order chi connectivity index (χ0) is 11.5. The summed E-state index contributed by atoms with van der Waals surface area (Å²) in [5.41, 5.74) is -0.384. The molecular weight excluding hydrogens is 186 g/mol. The molecule has 0 aromatic heterocycles. The molecule has 3 heteroatoms. The Kier molecular flexibility index (Phi) is 4.12. The Morgan fingerprint density at radius 2 is 2.33 bits per heavy atom. The molecular formula is C12H23N3. The van der Waals surface area contributed by atoms with Gasteiger partial charge in [0.1, 0.15) is 5.54 Å². The largest absolute Gasteiger partial charge is 0.303 e. The van der Waals surface area contributed by atoms with Gasteiger partial charge in [0, 0.05) is 12.6 Å². The van der Waals surface area contributed by atoms with Crippen molar-refractivity contribution < 1.29 is 0 Å². The maximum Gasteiger partial charge on any atom is 0.105 e. The standard InChI is InChI=1S/C12H23N3/c1-10-5-6-15(8-10)11(2)7-12(3,9-13)14-4/h10-11,14H,5-8H2,1-4H3. The summed E-state index contributed by atoms with van der Waals surface area (Å²) in [4.78, 5) is 2.50. The highest BCUT2D eigenvalue weighted by Gasteiger charge is 2.29. The molecule has 1 rings (SSSR count). The Morgan fingerprint density at radius 3 is 2.73 bits per heavy atom. The second kappa shape index (κ2) is 4.96. The Morgan fingerprint density at radius 1 is 1.67 bits per heavy atom. The summed E-state index contributed by atoms with van der Waals surface area (Å²) in [6.45, 7) is 8.88. The van der Waals surface area contributed by atoms with E-state index < -0.39 is 0 Å². The van der Waals surface area contributed by atoms with Crippen LogP contribution in [-0.4, -0.2) is 36.6 Å². The molecule has 15 heavy (non-hydrogen) atoms. The third-order valence-electron chi connectivity index (χ3n) is 3.58.